The number of rotatable bonds is 6. The molecule has 3 fully saturated rings. The second kappa shape index (κ2) is 10.1. The fourth-order valence-corrected chi connectivity index (χ4v) is 5.60. The summed E-state index contributed by atoms with van der Waals surface area (Å²) in [6.07, 6.45) is 12.2. The minimum atomic E-state index is -0.537. The lowest BCUT2D eigenvalue weighted by Gasteiger charge is -2.38. The third-order valence-corrected chi connectivity index (χ3v) is 7.33. The van der Waals surface area contributed by atoms with E-state index in [-0.39, 0.29) is 11.8 Å². The van der Waals surface area contributed by atoms with Gasteiger partial charge in [-0.25, -0.2) is 0 Å². The van der Waals surface area contributed by atoms with Gasteiger partial charge in [0.2, 0.25) is 17.7 Å². The molecule has 0 aromatic carbocycles. The van der Waals surface area contributed by atoms with Gasteiger partial charge >= 0.3 is 0 Å². The molecule has 1 aliphatic heterocycles. The van der Waals surface area contributed by atoms with Gasteiger partial charge in [-0.1, -0.05) is 43.7 Å². The van der Waals surface area contributed by atoms with Crippen molar-refractivity contribution in [3.63, 3.8) is 0 Å². The van der Waals surface area contributed by atoms with Gasteiger partial charge < -0.3 is 14.7 Å². The van der Waals surface area contributed by atoms with E-state index in [1.807, 2.05) is 4.90 Å². The second-order valence-corrected chi connectivity index (χ2v) is 9.54. The van der Waals surface area contributed by atoms with Crippen LogP contribution in [-0.4, -0.2) is 64.0 Å². The van der Waals surface area contributed by atoms with Crippen molar-refractivity contribution in [2.75, 3.05) is 26.2 Å². The van der Waals surface area contributed by atoms with Crippen molar-refractivity contribution in [1.29, 1.82) is 0 Å². The number of nitrogens with one attached hydrogen (secondary N) is 1. The van der Waals surface area contributed by atoms with Crippen LogP contribution in [0.3, 0.4) is 0 Å². The minimum absolute atomic E-state index is 0.0693. The number of piperazine rings is 1. The molecule has 4 rings (SSSR count). The average molecular weight is 432 g/mol. The van der Waals surface area contributed by atoms with Gasteiger partial charge in [-0.05, 0) is 25.7 Å². The third kappa shape index (κ3) is 5.45. The Labute approximate surface area is 185 Å². The molecule has 0 bridgehead atoms. The van der Waals surface area contributed by atoms with Crippen LogP contribution in [0.15, 0.2) is 4.52 Å². The first-order chi connectivity index (χ1) is 15.1. The van der Waals surface area contributed by atoms with Crippen molar-refractivity contribution < 1.29 is 14.1 Å². The summed E-state index contributed by atoms with van der Waals surface area (Å²) < 4.78 is 5.50. The topological polar surface area (TPSA) is 91.6 Å². The molecule has 1 N–H and O–H groups in total. The summed E-state index contributed by atoms with van der Waals surface area (Å²) in [5, 5.41) is 7.32. The Morgan fingerprint density at radius 1 is 1.03 bits per heavy atom. The summed E-state index contributed by atoms with van der Waals surface area (Å²) in [6, 6.07) is 0.731. The Hall–Kier alpha value is -1.96. The molecule has 8 nitrogen and oxygen atoms in total. The van der Waals surface area contributed by atoms with E-state index >= 15 is 0 Å². The highest BCUT2D eigenvalue weighted by Crippen LogP contribution is 2.34. The SMILES string of the molecule is CC(=O)NC1(c2noc(CCC(=O)N3CCN(C4CCCC4)CC3)n2)CCCCCC1. The zero-order valence-electron chi connectivity index (χ0n) is 18.9. The number of carbonyl (C=O) groups excluding carboxylic acids is 2. The van der Waals surface area contributed by atoms with E-state index in [1.54, 1.807) is 6.92 Å². The van der Waals surface area contributed by atoms with Crippen LogP contribution in [0.5, 0.6) is 0 Å². The van der Waals surface area contributed by atoms with Crippen molar-refractivity contribution in [2.24, 2.45) is 0 Å². The molecule has 2 saturated carbocycles. The zero-order valence-corrected chi connectivity index (χ0v) is 18.9. The molecule has 2 amide bonds. The Kier molecular flexibility index (Phi) is 7.25. The van der Waals surface area contributed by atoms with Gasteiger partial charge in [0, 0.05) is 52.0 Å². The van der Waals surface area contributed by atoms with Gasteiger partial charge in [0.25, 0.3) is 0 Å². The molecule has 0 spiro atoms. The van der Waals surface area contributed by atoms with Crippen LogP contribution in [0.2, 0.25) is 0 Å². The lowest BCUT2D eigenvalue weighted by atomic mass is 9.89. The maximum Gasteiger partial charge on any atom is 0.227 e. The molecule has 0 atom stereocenters. The van der Waals surface area contributed by atoms with Crippen molar-refractivity contribution in [3.8, 4) is 0 Å². The molecule has 0 unspecified atom stereocenters. The summed E-state index contributed by atoms with van der Waals surface area (Å²) in [6.45, 7) is 5.14. The zero-order chi connectivity index (χ0) is 21.7. The lowest BCUT2D eigenvalue weighted by Crippen LogP contribution is -2.51. The maximum atomic E-state index is 12.7. The summed E-state index contributed by atoms with van der Waals surface area (Å²) in [4.78, 5) is 33.7. The number of aromatic nitrogens is 2. The van der Waals surface area contributed by atoms with Crippen LogP contribution in [0.4, 0.5) is 0 Å². The Morgan fingerprint density at radius 3 is 2.35 bits per heavy atom. The van der Waals surface area contributed by atoms with Gasteiger partial charge in [0.05, 0.1) is 0 Å². The predicted molar refractivity (Wildman–Crippen MR) is 116 cm³/mol. The first kappa shape index (κ1) is 22.2. The molecule has 3 aliphatic rings. The highest BCUT2D eigenvalue weighted by molar-refractivity contribution is 5.76. The van der Waals surface area contributed by atoms with Crippen LogP contribution >= 0.6 is 0 Å². The molecule has 0 radical (unpaired) electrons. The van der Waals surface area contributed by atoms with Crippen LogP contribution in [-0.2, 0) is 21.5 Å². The first-order valence-electron chi connectivity index (χ1n) is 12.2. The fraction of sp³-hybridized carbons (Fsp3) is 0.826. The van der Waals surface area contributed by atoms with E-state index in [0.29, 0.717) is 24.6 Å². The van der Waals surface area contributed by atoms with Crippen LogP contribution in [0.1, 0.15) is 89.3 Å². The number of aryl methyl sites for hydroxylation is 1. The predicted octanol–water partition coefficient (Wildman–Crippen LogP) is 2.77. The Morgan fingerprint density at radius 2 is 1.71 bits per heavy atom. The monoisotopic (exact) mass is 431 g/mol. The van der Waals surface area contributed by atoms with Gasteiger partial charge in [-0.3, -0.25) is 14.5 Å². The molecular formula is C23H37N5O3. The van der Waals surface area contributed by atoms with Crippen LogP contribution in [0, 0.1) is 0 Å². The summed E-state index contributed by atoms with van der Waals surface area (Å²) >= 11 is 0. The maximum absolute atomic E-state index is 12.7. The third-order valence-electron chi connectivity index (χ3n) is 7.33. The molecular weight excluding hydrogens is 394 g/mol. The number of hydrogen-bond acceptors (Lipinski definition) is 6. The standard InChI is InChI=1S/C23H37N5O3/c1-18(29)25-23(12-6-2-3-7-13-23)22-24-20(31-26-22)10-11-21(30)28-16-14-27(15-17-28)19-8-4-5-9-19/h19H,2-17H2,1H3,(H,25,29). The van der Waals surface area contributed by atoms with E-state index in [0.717, 1.165) is 70.7 Å². The Bertz CT molecular complexity index is 742. The van der Waals surface area contributed by atoms with E-state index in [1.165, 1.54) is 25.7 Å². The molecule has 31 heavy (non-hydrogen) atoms. The molecule has 2 heterocycles. The number of hydrogen-bond donors (Lipinski definition) is 1. The quantitative estimate of drug-likeness (QED) is 0.697. The second-order valence-electron chi connectivity index (χ2n) is 9.54. The average Bonchev–Trinajstić information content (AvgIpc) is 3.42. The molecule has 8 heteroatoms. The minimum Gasteiger partial charge on any atom is -0.343 e. The van der Waals surface area contributed by atoms with Crippen molar-refractivity contribution in [2.45, 2.75) is 95.6 Å². The first-order valence-corrected chi connectivity index (χ1v) is 12.2. The summed E-state index contributed by atoms with van der Waals surface area (Å²) in [5.74, 6) is 1.15. The number of nitrogens with zero attached hydrogens (tertiary/aromatic N) is 4. The van der Waals surface area contributed by atoms with Crippen LogP contribution in [0.25, 0.3) is 0 Å². The van der Waals surface area contributed by atoms with Crippen molar-refractivity contribution in [1.82, 2.24) is 25.3 Å². The van der Waals surface area contributed by atoms with Gasteiger partial charge in [0.15, 0.2) is 5.82 Å². The van der Waals surface area contributed by atoms with Crippen molar-refractivity contribution >= 4 is 11.8 Å². The summed E-state index contributed by atoms with van der Waals surface area (Å²) in [7, 11) is 0. The highest BCUT2D eigenvalue weighted by Gasteiger charge is 2.38. The molecule has 1 aromatic heterocycles. The lowest BCUT2D eigenvalue weighted by molar-refractivity contribution is -0.133. The van der Waals surface area contributed by atoms with E-state index in [9.17, 15) is 9.59 Å². The largest absolute Gasteiger partial charge is 0.343 e. The molecule has 1 aromatic rings. The van der Waals surface area contributed by atoms with Gasteiger partial charge in [0.1, 0.15) is 5.54 Å². The molecule has 2 aliphatic carbocycles. The summed E-state index contributed by atoms with van der Waals surface area (Å²) in [5.41, 5.74) is -0.537. The van der Waals surface area contributed by atoms with Crippen molar-refractivity contribution in [3.05, 3.63) is 11.7 Å². The normalized spacial score (nSPS) is 22.9. The molecule has 1 saturated heterocycles. The molecule has 172 valence electrons. The van der Waals surface area contributed by atoms with Gasteiger partial charge in [-0.15, -0.1) is 0 Å². The number of carbonyl (C=O) groups is 2. The number of amides is 2. The fourth-order valence-electron chi connectivity index (χ4n) is 5.60. The van der Waals surface area contributed by atoms with Gasteiger partial charge in [-0.2, -0.15) is 4.98 Å². The van der Waals surface area contributed by atoms with E-state index in [2.05, 4.69) is 20.4 Å². The van der Waals surface area contributed by atoms with Crippen LogP contribution < -0.4 is 5.32 Å². The van der Waals surface area contributed by atoms with E-state index in [4.69, 9.17) is 4.52 Å². The smallest absolute Gasteiger partial charge is 0.227 e. The highest BCUT2D eigenvalue weighted by atomic mass is 16.5. The Balaban J connectivity index is 1.30. The van der Waals surface area contributed by atoms with E-state index < -0.39 is 5.54 Å².